The van der Waals surface area contributed by atoms with E-state index >= 15 is 0 Å². The SMILES string of the molecule is N=C1C=CC=C(B(O)O)C1=N. The van der Waals surface area contributed by atoms with Crippen molar-refractivity contribution in [2.75, 3.05) is 0 Å². The molecule has 0 atom stereocenters. The molecule has 0 aromatic heterocycles. The third-order valence-electron chi connectivity index (χ3n) is 1.37. The van der Waals surface area contributed by atoms with Crippen molar-refractivity contribution in [3.8, 4) is 0 Å². The molecule has 0 aliphatic heterocycles. The summed E-state index contributed by atoms with van der Waals surface area (Å²) in [5.41, 5.74) is -0.0735. The van der Waals surface area contributed by atoms with Gasteiger partial charge in [-0.1, -0.05) is 12.2 Å². The van der Waals surface area contributed by atoms with Crippen LogP contribution >= 0.6 is 0 Å². The Kier molecular flexibility index (Phi) is 2.02. The van der Waals surface area contributed by atoms with E-state index in [1.807, 2.05) is 0 Å². The summed E-state index contributed by atoms with van der Waals surface area (Å²) in [5.74, 6) is 0. The van der Waals surface area contributed by atoms with Crippen molar-refractivity contribution >= 4 is 18.5 Å². The Hall–Kier alpha value is -1.20. The predicted octanol–water partition coefficient (Wildman–Crippen LogP) is -0.466. The quantitative estimate of drug-likeness (QED) is 0.300. The molecule has 0 amide bonds. The summed E-state index contributed by atoms with van der Waals surface area (Å²) in [6.07, 6.45) is 4.34. The second-order valence-electron chi connectivity index (χ2n) is 2.14. The van der Waals surface area contributed by atoms with E-state index in [4.69, 9.17) is 20.9 Å². The van der Waals surface area contributed by atoms with E-state index in [1.54, 1.807) is 0 Å². The Balaban J connectivity index is 2.96. The van der Waals surface area contributed by atoms with Crippen molar-refractivity contribution in [2.45, 2.75) is 0 Å². The molecule has 0 spiro atoms. The van der Waals surface area contributed by atoms with E-state index in [0.29, 0.717) is 0 Å². The average Bonchev–Trinajstić information content (AvgIpc) is 1.94. The van der Waals surface area contributed by atoms with Crippen LogP contribution < -0.4 is 0 Å². The third kappa shape index (κ3) is 1.44. The van der Waals surface area contributed by atoms with E-state index < -0.39 is 7.12 Å². The van der Waals surface area contributed by atoms with Crippen molar-refractivity contribution < 1.29 is 10.0 Å². The van der Waals surface area contributed by atoms with Gasteiger partial charge < -0.3 is 10.0 Å². The van der Waals surface area contributed by atoms with E-state index in [0.717, 1.165) is 0 Å². The van der Waals surface area contributed by atoms with E-state index in [2.05, 4.69) is 0 Å². The summed E-state index contributed by atoms with van der Waals surface area (Å²) in [4.78, 5) is 0. The first kappa shape index (κ1) is 7.91. The third-order valence-corrected chi connectivity index (χ3v) is 1.37. The van der Waals surface area contributed by atoms with Crippen LogP contribution in [0.1, 0.15) is 0 Å². The Morgan fingerprint density at radius 1 is 1.27 bits per heavy atom. The molecule has 0 heterocycles. The van der Waals surface area contributed by atoms with Gasteiger partial charge in [-0.15, -0.1) is 0 Å². The largest absolute Gasteiger partial charge is 0.490 e. The molecule has 1 aliphatic carbocycles. The first-order valence-electron chi connectivity index (χ1n) is 3.05. The van der Waals surface area contributed by atoms with Gasteiger partial charge in [-0.3, -0.25) is 10.8 Å². The molecule has 0 aromatic carbocycles. The normalized spacial score (nSPS) is 16.7. The number of hydrogen-bond donors (Lipinski definition) is 4. The molecule has 5 heteroatoms. The fourth-order valence-corrected chi connectivity index (χ4v) is 0.785. The molecular weight excluding hydrogens is 143 g/mol. The maximum absolute atomic E-state index is 8.68. The van der Waals surface area contributed by atoms with Crippen LogP contribution in [0.2, 0.25) is 0 Å². The first-order valence-corrected chi connectivity index (χ1v) is 3.05. The average molecular weight is 150 g/mol. The van der Waals surface area contributed by atoms with Crippen LogP contribution in [0.25, 0.3) is 0 Å². The summed E-state index contributed by atoms with van der Waals surface area (Å²) in [6.45, 7) is 0. The fraction of sp³-hybridized carbons (Fsp3) is 0. The van der Waals surface area contributed by atoms with Gasteiger partial charge in [-0.05, 0) is 6.08 Å². The van der Waals surface area contributed by atoms with Gasteiger partial charge in [0.2, 0.25) is 0 Å². The van der Waals surface area contributed by atoms with Crippen LogP contribution in [0.5, 0.6) is 0 Å². The monoisotopic (exact) mass is 150 g/mol. The number of allylic oxidation sites excluding steroid dienone is 4. The van der Waals surface area contributed by atoms with Gasteiger partial charge in [0.05, 0.1) is 11.4 Å². The van der Waals surface area contributed by atoms with E-state index in [-0.39, 0.29) is 16.9 Å². The lowest BCUT2D eigenvalue weighted by Gasteiger charge is -2.09. The Labute approximate surface area is 64.0 Å². The summed E-state index contributed by atoms with van der Waals surface area (Å²) in [7, 11) is -1.66. The summed E-state index contributed by atoms with van der Waals surface area (Å²) in [6, 6.07) is 0. The molecule has 0 unspecified atom stereocenters. The van der Waals surface area contributed by atoms with Gasteiger partial charge in [0.15, 0.2) is 0 Å². The van der Waals surface area contributed by atoms with Crippen LogP contribution in [0.3, 0.4) is 0 Å². The Bertz CT molecular complexity index is 268. The van der Waals surface area contributed by atoms with Gasteiger partial charge in [0, 0.05) is 5.47 Å². The van der Waals surface area contributed by atoms with E-state index in [9.17, 15) is 0 Å². The number of hydrogen-bond acceptors (Lipinski definition) is 4. The first-order chi connectivity index (χ1) is 5.13. The van der Waals surface area contributed by atoms with Gasteiger partial charge in [0.1, 0.15) is 0 Å². The molecule has 0 saturated heterocycles. The lowest BCUT2D eigenvalue weighted by Crippen LogP contribution is -2.27. The smallest absolute Gasteiger partial charge is 0.423 e. The number of rotatable bonds is 1. The van der Waals surface area contributed by atoms with Gasteiger partial charge in [0.25, 0.3) is 0 Å². The molecule has 0 saturated carbocycles. The maximum Gasteiger partial charge on any atom is 0.490 e. The van der Waals surface area contributed by atoms with Crippen molar-refractivity contribution in [2.24, 2.45) is 0 Å². The highest BCUT2D eigenvalue weighted by atomic mass is 16.4. The second kappa shape index (κ2) is 2.81. The highest BCUT2D eigenvalue weighted by Crippen LogP contribution is 2.06. The topological polar surface area (TPSA) is 88.2 Å². The highest BCUT2D eigenvalue weighted by molar-refractivity contribution is 6.69. The van der Waals surface area contributed by atoms with Crippen LogP contribution in [-0.4, -0.2) is 28.6 Å². The second-order valence-corrected chi connectivity index (χ2v) is 2.14. The van der Waals surface area contributed by atoms with Crippen LogP contribution in [0.15, 0.2) is 23.7 Å². The maximum atomic E-state index is 8.68. The van der Waals surface area contributed by atoms with Gasteiger partial charge >= 0.3 is 7.12 Å². The summed E-state index contributed by atoms with van der Waals surface area (Å²) < 4.78 is 0. The van der Waals surface area contributed by atoms with E-state index in [1.165, 1.54) is 18.2 Å². The van der Waals surface area contributed by atoms with Crippen molar-refractivity contribution in [3.63, 3.8) is 0 Å². The lowest BCUT2D eigenvalue weighted by molar-refractivity contribution is 0.421. The standard InChI is InChI=1S/C6H7BN2O2/c8-5-3-1-2-4(6(5)9)7(10)11/h1-3,8-11H. The van der Waals surface area contributed by atoms with Crippen LogP contribution in [-0.2, 0) is 0 Å². The molecule has 1 aliphatic rings. The summed E-state index contributed by atoms with van der Waals surface area (Å²) >= 11 is 0. The molecular formula is C6H7BN2O2. The predicted molar refractivity (Wildman–Crippen MR) is 42.9 cm³/mol. The highest BCUT2D eigenvalue weighted by Gasteiger charge is 2.22. The minimum Gasteiger partial charge on any atom is -0.423 e. The molecule has 4 N–H and O–H groups in total. The fourth-order valence-electron chi connectivity index (χ4n) is 0.785. The Morgan fingerprint density at radius 3 is 2.36 bits per heavy atom. The van der Waals surface area contributed by atoms with Crippen molar-refractivity contribution in [1.29, 1.82) is 10.8 Å². The minimum absolute atomic E-state index is 0.00407. The zero-order valence-electron chi connectivity index (χ0n) is 5.70. The minimum atomic E-state index is -1.66. The lowest BCUT2D eigenvalue weighted by atomic mass is 9.73. The molecule has 4 nitrogen and oxygen atoms in total. The molecule has 0 radical (unpaired) electrons. The molecule has 0 bridgehead atoms. The van der Waals surface area contributed by atoms with Gasteiger partial charge in [-0.25, -0.2) is 0 Å². The van der Waals surface area contributed by atoms with Gasteiger partial charge in [-0.2, -0.15) is 0 Å². The van der Waals surface area contributed by atoms with Crippen molar-refractivity contribution in [3.05, 3.63) is 23.7 Å². The number of nitrogens with one attached hydrogen (secondary N) is 2. The Morgan fingerprint density at radius 2 is 1.91 bits per heavy atom. The molecule has 0 fully saturated rings. The summed E-state index contributed by atoms with van der Waals surface area (Å²) in [5, 5.41) is 31.7. The van der Waals surface area contributed by atoms with Crippen molar-refractivity contribution in [1.82, 2.24) is 0 Å². The zero-order chi connectivity index (χ0) is 8.43. The molecule has 11 heavy (non-hydrogen) atoms. The van der Waals surface area contributed by atoms with Crippen LogP contribution in [0, 0.1) is 10.8 Å². The molecule has 1 rings (SSSR count). The molecule has 0 aromatic rings. The molecule has 56 valence electrons. The zero-order valence-corrected chi connectivity index (χ0v) is 5.70. The van der Waals surface area contributed by atoms with Crippen LogP contribution in [0.4, 0.5) is 0 Å².